The first-order valence-corrected chi connectivity index (χ1v) is 6.44. The highest BCUT2D eigenvalue weighted by atomic mass is 32.1. The van der Waals surface area contributed by atoms with Crippen molar-refractivity contribution < 1.29 is 0 Å². The van der Waals surface area contributed by atoms with Gasteiger partial charge >= 0.3 is 0 Å². The predicted octanol–water partition coefficient (Wildman–Crippen LogP) is 2.17. The number of hydrogen-bond acceptors (Lipinski definition) is 3. The van der Waals surface area contributed by atoms with E-state index in [0.29, 0.717) is 0 Å². The molecule has 3 heteroatoms. The van der Waals surface area contributed by atoms with E-state index in [1.54, 1.807) is 4.88 Å². The molecule has 1 aromatic rings. The van der Waals surface area contributed by atoms with Crippen molar-refractivity contribution in [3.8, 4) is 0 Å². The van der Waals surface area contributed by atoms with E-state index >= 15 is 0 Å². The Labute approximate surface area is 88.7 Å². The zero-order valence-corrected chi connectivity index (χ0v) is 9.15. The van der Waals surface area contributed by atoms with Gasteiger partial charge in [0.25, 0.3) is 0 Å². The Morgan fingerprint density at radius 3 is 3.07 bits per heavy atom. The van der Waals surface area contributed by atoms with Crippen molar-refractivity contribution in [1.82, 2.24) is 10.3 Å². The fourth-order valence-electron chi connectivity index (χ4n) is 2.27. The lowest BCUT2D eigenvalue weighted by molar-refractivity contribution is 0.582. The molecule has 1 aliphatic heterocycles. The number of thiazole rings is 1. The molecule has 0 radical (unpaired) electrons. The summed E-state index contributed by atoms with van der Waals surface area (Å²) in [4.78, 5) is 6.09. The molecule has 1 aromatic heterocycles. The maximum absolute atomic E-state index is 4.52. The van der Waals surface area contributed by atoms with Crippen LogP contribution >= 0.6 is 11.3 Å². The molecule has 2 nitrogen and oxygen atoms in total. The van der Waals surface area contributed by atoms with Crippen LogP contribution in [-0.2, 0) is 6.42 Å². The van der Waals surface area contributed by atoms with Crippen LogP contribution in [0, 0.1) is 5.92 Å². The van der Waals surface area contributed by atoms with Crippen LogP contribution in [0.3, 0.4) is 0 Å². The predicted molar refractivity (Wildman–Crippen MR) is 58.8 cm³/mol. The molecular weight excluding hydrogens is 192 g/mol. The third kappa shape index (κ3) is 1.71. The van der Waals surface area contributed by atoms with E-state index in [4.69, 9.17) is 0 Å². The Balaban J connectivity index is 1.71. The van der Waals surface area contributed by atoms with Crippen molar-refractivity contribution in [3.05, 3.63) is 16.1 Å². The van der Waals surface area contributed by atoms with Gasteiger partial charge in [-0.3, -0.25) is 0 Å². The Kier molecular flexibility index (Phi) is 2.30. The quantitative estimate of drug-likeness (QED) is 0.823. The molecule has 2 heterocycles. The van der Waals surface area contributed by atoms with Gasteiger partial charge in [0.1, 0.15) is 0 Å². The molecule has 1 aliphatic carbocycles. The number of nitrogens with zero attached hydrogens (tertiary/aromatic N) is 1. The molecule has 1 atom stereocenters. The Morgan fingerprint density at radius 2 is 2.36 bits per heavy atom. The van der Waals surface area contributed by atoms with Crippen molar-refractivity contribution in [2.75, 3.05) is 13.1 Å². The minimum atomic E-state index is 0.825. The van der Waals surface area contributed by atoms with Gasteiger partial charge in [0.05, 0.1) is 11.2 Å². The third-order valence-corrected chi connectivity index (χ3v) is 4.14. The highest BCUT2D eigenvalue weighted by Crippen LogP contribution is 2.42. The largest absolute Gasteiger partial charge is 0.316 e. The molecule has 2 fully saturated rings. The Bertz CT molecular complexity index is 311. The SMILES string of the molecule is c1nc(C2CC2)c(CC2CCNC2)s1. The van der Waals surface area contributed by atoms with Gasteiger partial charge < -0.3 is 5.32 Å². The third-order valence-electron chi connectivity index (χ3n) is 3.27. The summed E-state index contributed by atoms with van der Waals surface area (Å²) in [7, 11) is 0. The molecule has 2 aliphatic rings. The van der Waals surface area contributed by atoms with E-state index in [9.17, 15) is 0 Å². The molecule has 1 saturated carbocycles. The second-order valence-corrected chi connectivity index (χ2v) is 5.44. The van der Waals surface area contributed by atoms with Gasteiger partial charge in [0, 0.05) is 10.8 Å². The Morgan fingerprint density at radius 1 is 1.43 bits per heavy atom. The minimum Gasteiger partial charge on any atom is -0.316 e. The average molecular weight is 208 g/mol. The maximum atomic E-state index is 4.52. The van der Waals surface area contributed by atoms with Crippen LogP contribution in [0.25, 0.3) is 0 Å². The highest BCUT2D eigenvalue weighted by Gasteiger charge is 2.29. The van der Waals surface area contributed by atoms with Gasteiger partial charge in [-0.05, 0) is 44.7 Å². The fourth-order valence-corrected chi connectivity index (χ4v) is 3.24. The van der Waals surface area contributed by atoms with Crippen LogP contribution in [0.15, 0.2) is 5.51 Å². The van der Waals surface area contributed by atoms with Crippen LogP contribution in [0.5, 0.6) is 0 Å². The number of rotatable bonds is 3. The summed E-state index contributed by atoms with van der Waals surface area (Å²) in [6, 6.07) is 0. The lowest BCUT2D eigenvalue weighted by atomic mass is 10.0. The topological polar surface area (TPSA) is 24.9 Å². The van der Waals surface area contributed by atoms with Crippen LogP contribution < -0.4 is 5.32 Å². The monoisotopic (exact) mass is 208 g/mol. The summed E-state index contributed by atoms with van der Waals surface area (Å²) in [5.41, 5.74) is 3.47. The lowest BCUT2D eigenvalue weighted by Gasteiger charge is -2.07. The maximum Gasteiger partial charge on any atom is 0.0797 e. The van der Waals surface area contributed by atoms with Gasteiger partial charge in [-0.15, -0.1) is 11.3 Å². The van der Waals surface area contributed by atoms with Crippen LogP contribution in [0.4, 0.5) is 0 Å². The van der Waals surface area contributed by atoms with E-state index in [2.05, 4.69) is 10.3 Å². The fraction of sp³-hybridized carbons (Fsp3) is 0.727. The average Bonchev–Trinajstić information content (AvgIpc) is 2.74. The van der Waals surface area contributed by atoms with Crippen LogP contribution in [-0.4, -0.2) is 18.1 Å². The molecule has 0 spiro atoms. The molecular formula is C11H16N2S. The van der Waals surface area contributed by atoms with Crippen molar-refractivity contribution in [2.45, 2.75) is 31.6 Å². The first-order valence-electron chi connectivity index (χ1n) is 5.56. The van der Waals surface area contributed by atoms with E-state index in [-0.39, 0.29) is 0 Å². The number of hydrogen-bond donors (Lipinski definition) is 1. The van der Waals surface area contributed by atoms with Crippen LogP contribution in [0.2, 0.25) is 0 Å². The molecule has 1 N–H and O–H groups in total. The molecule has 0 bridgehead atoms. The minimum absolute atomic E-state index is 0.825. The van der Waals surface area contributed by atoms with Crippen molar-refractivity contribution in [1.29, 1.82) is 0 Å². The van der Waals surface area contributed by atoms with E-state index in [1.165, 1.54) is 44.5 Å². The summed E-state index contributed by atoms with van der Waals surface area (Å²) in [6.45, 7) is 2.42. The molecule has 14 heavy (non-hydrogen) atoms. The molecule has 1 saturated heterocycles. The summed E-state index contributed by atoms with van der Waals surface area (Å²) in [6.07, 6.45) is 5.37. The number of aromatic nitrogens is 1. The highest BCUT2D eigenvalue weighted by molar-refractivity contribution is 7.09. The van der Waals surface area contributed by atoms with Gasteiger partial charge in [0.15, 0.2) is 0 Å². The van der Waals surface area contributed by atoms with Crippen molar-refractivity contribution >= 4 is 11.3 Å². The summed E-state index contributed by atoms with van der Waals surface area (Å²) < 4.78 is 0. The normalized spacial score (nSPS) is 27.0. The molecule has 76 valence electrons. The van der Waals surface area contributed by atoms with Gasteiger partial charge in [0.2, 0.25) is 0 Å². The first kappa shape index (κ1) is 8.86. The zero-order valence-electron chi connectivity index (χ0n) is 8.33. The van der Waals surface area contributed by atoms with Crippen molar-refractivity contribution in [3.63, 3.8) is 0 Å². The van der Waals surface area contributed by atoms with E-state index < -0.39 is 0 Å². The van der Waals surface area contributed by atoms with E-state index in [0.717, 1.165) is 11.8 Å². The summed E-state index contributed by atoms with van der Waals surface area (Å²) in [5, 5.41) is 3.43. The van der Waals surface area contributed by atoms with Gasteiger partial charge in [-0.25, -0.2) is 4.98 Å². The molecule has 0 aromatic carbocycles. The standard InChI is InChI=1S/C11H16N2S/c1-2-9(1)11-10(14-7-13-11)5-8-3-4-12-6-8/h7-9,12H,1-6H2. The summed E-state index contributed by atoms with van der Waals surface area (Å²) >= 11 is 1.87. The lowest BCUT2D eigenvalue weighted by Crippen LogP contribution is -2.10. The molecule has 1 unspecified atom stereocenters. The summed E-state index contributed by atoms with van der Waals surface area (Å²) in [5.74, 6) is 1.69. The smallest absolute Gasteiger partial charge is 0.0797 e. The zero-order chi connectivity index (χ0) is 9.38. The van der Waals surface area contributed by atoms with Crippen LogP contribution in [0.1, 0.15) is 35.8 Å². The second-order valence-electron chi connectivity index (χ2n) is 4.50. The van der Waals surface area contributed by atoms with Gasteiger partial charge in [-0.1, -0.05) is 0 Å². The number of nitrogens with one attached hydrogen (secondary N) is 1. The van der Waals surface area contributed by atoms with Gasteiger partial charge in [-0.2, -0.15) is 0 Å². The van der Waals surface area contributed by atoms with E-state index in [1.807, 2.05) is 16.8 Å². The molecule has 0 amide bonds. The molecule has 3 rings (SSSR count). The first-order chi connectivity index (χ1) is 6.93. The Hall–Kier alpha value is -0.410. The second kappa shape index (κ2) is 3.63. The van der Waals surface area contributed by atoms with Crippen molar-refractivity contribution in [2.24, 2.45) is 5.92 Å².